The van der Waals surface area contributed by atoms with Gasteiger partial charge in [-0.05, 0) is 31.7 Å². The lowest BCUT2D eigenvalue weighted by molar-refractivity contribution is 0.182. The molecule has 0 spiro atoms. The second-order valence-electron chi connectivity index (χ2n) is 3.89. The van der Waals surface area contributed by atoms with Crippen molar-refractivity contribution in [3.05, 3.63) is 29.6 Å². The molecule has 1 aromatic rings. The maximum atomic E-state index is 13.1. The van der Waals surface area contributed by atoms with E-state index in [1.165, 1.54) is 6.07 Å². The van der Waals surface area contributed by atoms with Crippen LogP contribution in [0.4, 0.5) is 4.39 Å². The average Bonchev–Trinajstić information content (AvgIpc) is 2.55. The number of hydrogen-bond acceptors (Lipinski definition) is 2. The summed E-state index contributed by atoms with van der Waals surface area (Å²) in [6, 6.07) is 4.84. The summed E-state index contributed by atoms with van der Waals surface area (Å²) in [7, 11) is 1.89. The number of fused-ring (bicyclic) bond motifs is 1. The molecule has 1 aliphatic rings. The second-order valence-corrected chi connectivity index (χ2v) is 3.89. The minimum Gasteiger partial charge on any atom is -0.488 e. The Morgan fingerprint density at radius 1 is 1.47 bits per heavy atom. The fourth-order valence-electron chi connectivity index (χ4n) is 2.15. The molecule has 3 heteroatoms. The van der Waals surface area contributed by atoms with Crippen molar-refractivity contribution in [1.29, 1.82) is 0 Å². The van der Waals surface area contributed by atoms with Gasteiger partial charge in [-0.15, -0.1) is 0 Å². The second kappa shape index (κ2) is 4.19. The summed E-state index contributed by atoms with van der Waals surface area (Å²) in [5.74, 6) is 0.615. The number of ether oxygens (including phenoxy) is 1. The quantitative estimate of drug-likeness (QED) is 0.826. The first kappa shape index (κ1) is 10.4. The van der Waals surface area contributed by atoms with Crippen LogP contribution in [-0.2, 0) is 0 Å². The van der Waals surface area contributed by atoms with E-state index >= 15 is 0 Å². The molecule has 0 aliphatic carbocycles. The van der Waals surface area contributed by atoms with Crippen LogP contribution in [-0.4, -0.2) is 13.2 Å². The highest BCUT2D eigenvalue weighted by Gasteiger charge is 2.32. The lowest BCUT2D eigenvalue weighted by Crippen LogP contribution is -2.28. The molecule has 82 valence electrons. The highest BCUT2D eigenvalue weighted by Crippen LogP contribution is 2.38. The Balaban J connectivity index is 2.29. The first-order chi connectivity index (χ1) is 7.26. The van der Waals surface area contributed by atoms with Crippen molar-refractivity contribution in [1.82, 2.24) is 5.32 Å². The zero-order valence-electron chi connectivity index (χ0n) is 9.09. The van der Waals surface area contributed by atoms with Gasteiger partial charge in [-0.1, -0.05) is 13.3 Å². The molecule has 0 bridgehead atoms. The van der Waals surface area contributed by atoms with Crippen molar-refractivity contribution in [2.45, 2.75) is 31.9 Å². The maximum Gasteiger partial charge on any atom is 0.124 e. The molecule has 1 heterocycles. The Bertz CT molecular complexity index is 353. The predicted molar refractivity (Wildman–Crippen MR) is 57.5 cm³/mol. The standard InChI is InChI=1S/C12H16FNO/c1-3-4-11-12(14-2)9-7-8(13)5-6-10(9)15-11/h5-7,11-12,14H,3-4H2,1-2H3. The molecule has 0 radical (unpaired) electrons. The fraction of sp³-hybridized carbons (Fsp3) is 0.500. The number of likely N-dealkylation sites (N-methyl/N-ethyl adjacent to an activating group) is 1. The van der Waals surface area contributed by atoms with E-state index in [0.29, 0.717) is 0 Å². The van der Waals surface area contributed by atoms with E-state index < -0.39 is 0 Å². The molecule has 0 saturated heterocycles. The van der Waals surface area contributed by atoms with Gasteiger partial charge in [0, 0.05) is 5.56 Å². The SMILES string of the molecule is CCCC1Oc2ccc(F)cc2C1NC. The van der Waals surface area contributed by atoms with E-state index in [9.17, 15) is 4.39 Å². The number of halogens is 1. The van der Waals surface area contributed by atoms with Crippen LogP contribution >= 0.6 is 0 Å². The van der Waals surface area contributed by atoms with Crippen molar-refractivity contribution in [3.8, 4) is 5.75 Å². The first-order valence-corrected chi connectivity index (χ1v) is 5.39. The van der Waals surface area contributed by atoms with Crippen LogP contribution in [0.3, 0.4) is 0 Å². The van der Waals surface area contributed by atoms with Crippen LogP contribution in [0.25, 0.3) is 0 Å². The Morgan fingerprint density at radius 2 is 2.27 bits per heavy atom. The molecule has 1 N–H and O–H groups in total. The summed E-state index contributed by atoms with van der Waals surface area (Å²) in [6.45, 7) is 2.12. The van der Waals surface area contributed by atoms with Crippen molar-refractivity contribution in [3.63, 3.8) is 0 Å². The minimum absolute atomic E-state index is 0.121. The maximum absolute atomic E-state index is 13.1. The Hall–Kier alpha value is -1.09. The molecule has 0 amide bonds. The van der Waals surface area contributed by atoms with Gasteiger partial charge < -0.3 is 10.1 Å². The molecule has 15 heavy (non-hydrogen) atoms. The lowest BCUT2D eigenvalue weighted by Gasteiger charge is -2.17. The molecule has 1 aliphatic heterocycles. The van der Waals surface area contributed by atoms with Gasteiger partial charge in [0.1, 0.15) is 17.7 Å². The number of nitrogens with one attached hydrogen (secondary N) is 1. The average molecular weight is 209 g/mol. The van der Waals surface area contributed by atoms with E-state index in [0.717, 1.165) is 24.2 Å². The van der Waals surface area contributed by atoms with Crippen molar-refractivity contribution in [2.75, 3.05) is 7.05 Å². The van der Waals surface area contributed by atoms with Crippen LogP contribution in [0.2, 0.25) is 0 Å². The third-order valence-corrected chi connectivity index (χ3v) is 2.84. The lowest BCUT2D eigenvalue weighted by atomic mass is 10.0. The van der Waals surface area contributed by atoms with Gasteiger partial charge >= 0.3 is 0 Å². The van der Waals surface area contributed by atoms with Gasteiger partial charge in [-0.25, -0.2) is 4.39 Å². The van der Waals surface area contributed by atoms with Gasteiger partial charge in [-0.3, -0.25) is 0 Å². The third kappa shape index (κ3) is 1.84. The molecule has 2 rings (SSSR count). The minimum atomic E-state index is -0.199. The van der Waals surface area contributed by atoms with E-state index in [1.54, 1.807) is 12.1 Å². The molecular weight excluding hydrogens is 193 g/mol. The normalized spacial score (nSPS) is 23.7. The number of rotatable bonds is 3. The van der Waals surface area contributed by atoms with Crippen molar-refractivity contribution >= 4 is 0 Å². The topological polar surface area (TPSA) is 21.3 Å². The highest BCUT2D eigenvalue weighted by atomic mass is 19.1. The van der Waals surface area contributed by atoms with Crippen LogP contribution in [0.1, 0.15) is 31.4 Å². The Morgan fingerprint density at radius 3 is 2.93 bits per heavy atom. The summed E-state index contributed by atoms with van der Waals surface area (Å²) in [5.41, 5.74) is 0.941. The van der Waals surface area contributed by atoms with E-state index in [1.807, 2.05) is 7.05 Å². The van der Waals surface area contributed by atoms with E-state index in [-0.39, 0.29) is 18.0 Å². The highest BCUT2D eigenvalue weighted by molar-refractivity contribution is 5.41. The predicted octanol–water partition coefficient (Wildman–Crippen LogP) is 2.65. The molecule has 2 unspecified atom stereocenters. The van der Waals surface area contributed by atoms with E-state index in [2.05, 4.69) is 12.2 Å². The fourth-order valence-corrected chi connectivity index (χ4v) is 2.15. The summed E-state index contributed by atoms with van der Waals surface area (Å²) in [5, 5.41) is 3.19. The van der Waals surface area contributed by atoms with Gasteiger partial charge in [0.15, 0.2) is 0 Å². The van der Waals surface area contributed by atoms with Gasteiger partial charge in [0.25, 0.3) is 0 Å². The van der Waals surface area contributed by atoms with Gasteiger partial charge in [0.05, 0.1) is 6.04 Å². The molecule has 0 fully saturated rings. The summed E-state index contributed by atoms with van der Waals surface area (Å²) in [6.07, 6.45) is 2.19. The van der Waals surface area contributed by atoms with Crippen LogP contribution in [0, 0.1) is 5.82 Å². The zero-order valence-corrected chi connectivity index (χ0v) is 9.09. The van der Waals surface area contributed by atoms with Gasteiger partial charge in [0.2, 0.25) is 0 Å². The zero-order chi connectivity index (χ0) is 10.8. The van der Waals surface area contributed by atoms with Crippen molar-refractivity contribution < 1.29 is 9.13 Å². The summed E-state index contributed by atoms with van der Waals surface area (Å²) in [4.78, 5) is 0. The van der Waals surface area contributed by atoms with Gasteiger partial charge in [-0.2, -0.15) is 0 Å². The summed E-state index contributed by atoms with van der Waals surface area (Å²) < 4.78 is 18.9. The monoisotopic (exact) mass is 209 g/mol. The molecular formula is C12H16FNO. The van der Waals surface area contributed by atoms with Crippen LogP contribution in [0.5, 0.6) is 5.75 Å². The smallest absolute Gasteiger partial charge is 0.124 e. The third-order valence-electron chi connectivity index (χ3n) is 2.84. The number of benzene rings is 1. The first-order valence-electron chi connectivity index (χ1n) is 5.39. The molecule has 2 nitrogen and oxygen atoms in total. The Labute approximate surface area is 89.4 Å². The molecule has 1 aromatic carbocycles. The molecule has 0 saturated carbocycles. The van der Waals surface area contributed by atoms with Crippen LogP contribution < -0.4 is 10.1 Å². The molecule has 2 atom stereocenters. The Kier molecular flexibility index (Phi) is 2.91. The molecule has 0 aromatic heterocycles. The summed E-state index contributed by atoms with van der Waals surface area (Å²) >= 11 is 0. The van der Waals surface area contributed by atoms with Crippen LogP contribution in [0.15, 0.2) is 18.2 Å². The number of hydrogen-bond donors (Lipinski definition) is 1. The largest absolute Gasteiger partial charge is 0.488 e. The van der Waals surface area contributed by atoms with E-state index in [4.69, 9.17) is 4.74 Å². The van der Waals surface area contributed by atoms with Crippen molar-refractivity contribution in [2.24, 2.45) is 0 Å².